The van der Waals surface area contributed by atoms with Gasteiger partial charge in [-0.15, -0.1) is 0 Å². The molecular weight excluding hydrogens is 372 g/mol. The molecule has 0 spiro atoms. The molecule has 0 aliphatic rings. The lowest BCUT2D eigenvalue weighted by Crippen LogP contribution is -2.40. The fourth-order valence-electron chi connectivity index (χ4n) is 2.48. The fourth-order valence-corrected chi connectivity index (χ4v) is 2.48. The molecule has 0 unspecified atom stereocenters. The van der Waals surface area contributed by atoms with Gasteiger partial charge >= 0.3 is 0 Å². The Hall–Kier alpha value is -3.20. The lowest BCUT2D eigenvalue weighted by molar-refractivity contribution is -0.117. The molecule has 0 aliphatic carbocycles. The average Bonchev–Trinajstić information content (AvgIpc) is 3.20. The van der Waals surface area contributed by atoms with Gasteiger partial charge in [0.25, 0.3) is 0 Å². The third kappa shape index (κ3) is 6.42. The van der Waals surface area contributed by atoms with Crippen molar-refractivity contribution >= 4 is 24.0 Å². The minimum atomic E-state index is -0.343. The quantitative estimate of drug-likeness (QED) is 0.605. The van der Waals surface area contributed by atoms with Crippen LogP contribution in [0, 0.1) is 13.8 Å². The normalized spacial score (nSPS) is 11.7. The second-order valence-corrected chi connectivity index (χ2v) is 6.63. The lowest BCUT2D eigenvalue weighted by atomic mass is 10.2. The lowest BCUT2D eigenvalue weighted by Gasteiger charge is -2.15. The highest BCUT2D eigenvalue weighted by Crippen LogP contribution is 2.08. The van der Waals surface area contributed by atoms with Gasteiger partial charge in [0, 0.05) is 69.0 Å². The van der Waals surface area contributed by atoms with Crippen LogP contribution in [0.15, 0.2) is 24.5 Å². The molecule has 9 heteroatoms. The van der Waals surface area contributed by atoms with Crippen LogP contribution >= 0.6 is 0 Å². The molecule has 0 aliphatic heterocycles. The number of nitrogens with one attached hydrogen (secondary N) is 2. The first kappa shape index (κ1) is 22.1. The third-order valence-corrected chi connectivity index (χ3v) is 4.72. The Morgan fingerprint density at radius 3 is 1.69 bits per heavy atom. The molecule has 2 amide bonds. The largest absolute Gasteiger partial charge is 0.378 e. The van der Waals surface area contributed by atoms with Crippen LogP contribution in [-0.2, 0) is 28.4 Å². The monoisotopic (exact) mass is 400 g/mol. The molecule has 2 aromatic rings. The molecule has 2 N–H and O–H groups in total. The van der Waals surface area contributed by atoms with Crippen LogP contribution in [0.25, 0.3) is 12.2 Å². The Morgan fingerprint density at radius 1 is 0.966 bits per heavy atom. The minimum absolute atomic E-state index is 0.242. The van der Waals surface area contributed by atoms with Crippen molar-refractivity contribution in [2.24, 2.45) is 14.1 Å². The topological polar surface area (TPSA) is 103 Å². The van der Waals surface area contributed by atoms with E-state index in [2.05, 4.69) is 20.8 Å². The number of aryl methyl sites for hydroxylation is 2. The summed E-state index contributed by atoms with van der Waals surface area (Å²) in [6.45, 7) is 4.41. The standard InChI is InChI=1S/C20H28N6O3/c1-14-16(10-23-25(14)3)6-8-19(27)21-12-18(29-5)13-22-20(28)9-7-17-11-24-26(4)15(17)2/h6-11,18H,12-13H2,1-5H3,(H,21,27)(H,22,28)/b8-6+,9-7+. The summed E-state index contributed by atoms with van der Waals surface area (Å²) in [7, 11) is 5.22. The van der Waals surface area contributed by atoms with Crippen molar-refractivity contribution < 1.29 is 14.3 Å². The van der Waals surface area contributed by atoms with Crippen LogP contribution in [0.5, 0.6) is 0 Å². The fraction of sp³-hybridized carbons (Fsp3) is 0.400. The van der Waals surface area contributed by atoms with Gasteiger partial charge in [0.05, 0.1) is 18.5 Å². The first-order chi connectivity index (χ1) is 13.8. The molecule has 0 aromatic carbocycles. The van der Waals surface area contributed by atoms with Gasteiger partial charge in [-0.2, -0.15) is 10.2 Å². The van der Waals surface area contributed by atoms with E-state index in [1.165, 1.54) is 19.3 Å². The Bertz CT molecular complexity index is 837. The first-order valence-electron chi connectivity index (χ1n) is 9.23. The zero-order chi connectivity index (χ0) is 21.4. The molecule has 0 radical (unpaired) electrons. The van der Waals surface area contributed by atoms with Crippen LogP contribution in [0.1, 0.15) is 22.5 Å². The molecule has 0 fully saturated rings. The molecule has 0 saturated carbocycles. The molecule has 0 saturated heterocycles. The summed E-state index contributed by atoms with van der Waals surface area (Å²) in [6.07, 6.45) is 9.40. The van der Waals surface area contributed by atoms with Crippen molar-refractivity contribution in [1.82, 2.24) is 30.2 Å². The van der Waals surface area contributed by atoms with Gasteiger partial charge in [-0.3, -0.25) is 19.0 Å². The van der Waals surface area contributed by atoms with Gasteiger partial charge in [-0.05, 0) is 26.0 Å². The predicted octanol–water partition coefficient (Wildman–Crippen LogP) is 0.744. The highest BCUT2D eigenvalue weighted by molar-refractivity contribution is 5.92. The summed E-state index contributed by atoms with van der Waals surface area (Å²) >= 11 is 0. The minimum Gasteiger partial charge on any atom is -0.378 e. The average molecular weight is 400 g/mol. The van der Waals surface area contributed by atoms with E-state index in [-0.39, 0.29) is 31.0 Å². The van der Waals surface area contributed by atoms with Crippen molar-refractivity contribution in [1.29, 1.82) is 0 Å². The van der Waals surface area contributed by atoms with E-state index in [0.29, 0.717) is 0 Å². The molecule has 0 atom stereocenters. The number of aromatic nitrogens is 4. The summed E-state index contributed by atoms with van der Waals surface area (Å²) in [5.41, 5.74) is 3.71. The van der Waals surface area contributed by atoms with E-state index in [1.54, 1.807) is 33.9 Å². The van der Waals surface area contributed by atoms with Crippen LogP contribution in [0.3, 0.4) is 0 Å². The zero-order valence-electron chi connectivity index (χ0n) is 17.5. The van der Waals surface area contributed by atoms with Crippen molar-refractivity contribution in [2.75, 3.05) is 20.2 Å². The maximum atomic E-state index is 12.0. The van der Waals surface area contributed by atoms with E-state index < -0.39 is 0 Å². The molecule has 2 aromatic heterocycles. The van der Waals surface area contributed by atoms with E-state index >= 15 is 0 Å². The number of carbonyl (C=O) groups excluding carboxylic acids is 2. The van der Waals surface area contributed by atoms with Crippen molar-refractivity contribution in [2.45, 2.75) is 20.0 Å². The van der Waals surface area contributed by atoms with Gasteiger partial charge in [-0.25, -0.2) is 0 Å². The summed E-state index contributed by atoms with van der Waals surface area (Å²) in [6, 6.07) is 0. The number of hydrogen-bond donors (Lipinski definition) is 2. The summed E-state index contributed by atoms with van der Waals surface area (Å²) in [5.74, 6) is -0.484. The van der Waals surface area contributed by atoms with Crippen LogP contribution in [0.2, 0.25) is 0 Å². The number of carbonyl (C=O) groups is 2. The van der Waals surface area contributed by atoms with E-state index in [1.807, 2.05) is 27.9 Å². The summed E-state index contributed by atoms with van der Waals surface area (Å²) in [4.78, 5) is 24.0. The van der Waals surface area contributed by atoms with Gasteiger partial charge < -0.3 is 15.4 Å². The molecule has 29 heavy (non-hydrogen) atoms. The maximum Gasteiger partial charge on any atom is 0.244 e. The first-order valence-corrected chi connectivity index (χ1v) is 9.23. The van der Waals surface area contributed by atoms with Crippen molar-refractivity contribution in [3.05, 3.63) is 47.1 Å². The third-order valence-electron chi connectivity index (χ3n) is 4.72. The molecule has 9 nitrogen and oxygen atoms in total. The molecule has 0 bridgehead atoms. The van der Waals surface area contributed by atoms with Gasteiger partial charge in [-0.1, -0.05) is 0 Å². The van der Waals surface area contributed by atoms with E-state index in [4.69, 9.17) is 4.74 Å². The number of nitrogens with zero attached hydrogens (tertiary/aromatic N) is 4. The number of rotatable bonds is 9. The number of hydrogen-bond acceptors (Lipinski definition) is 5. The summed E-state index contributed by atoms with van der Waals surface area (Å²) in [5, 5.41) is 13.8. The Labute approximate surface area is 170 Å². The Kier molecular flexibility index (Phi) is 7.90. The van der Waals surface area contributed by atoms with Gasteiger partial charge in [0.15, 0.2) is 0 Å². The second-order valence-electron chi connectivity index (χ2n) is 6.63. The van der Waals surface area contributed by atoms with Crippen LogP contribution in [0.4, 0.5) is 0 Å². The van der Waals surface area contributed by atoms with E-state index in [9.17, 15) is 9.59 Å². The van der Waals surface area contributed by atoms with Crippen molar-refractivity contribution in [3.63, 3.8) is 0 Å². The predicted molar refractivity (Wildman–Crippen MR) is 111 cm³/mol. The smallest absolute Gasteiger partial charge is 0.244 e. The van der Waals surface area contributed by atoms with Gasteiger partial charge in [0.1, 0.15) is 0 Å². The van der Waals surface area contributed by atoms with Gasteiger partial charge in [0.2, 0.25) is 11.8 Å². The SMILES string of the molecule is COC(CNC(=O)/C=C/c1cnn(C)c1C)CNC(=O)/C=C/c1cnn(C)c1C. The number of amides is 2. The second kappa shape index (κ2) is 10.4. The van der Waals surface area contributed by atoms with Crippen LogP contribution in [-0.4, -0.2) is 57.7 Å². The van der Waals surface area contributed by atoms with Crippen molar-refractivity contribution in [3.8, 4) is 0 Å². The van der Waals surface area contributed by atoms with E-state index in [0.717, 1.165) is 22.5 Å². The Morgan fingerprint density at radius 2 is 1.38 bits per heavy atom. The molecular formula is C20H28N6O3. The maximum absolute atomic E-state index is 12.0. The van der Waals surface area contributed by atoms with Crippen LogP contribution < -0.4 is 10.6 Å². The highest BCUT2D eigenvalue weighted by Gasteiger charge is 2.10. The molecule has 156 valence electrons. The zero-order valence-corrected chi connectivity index (χ0v) is 17.5. The molecule has 2 rings (SSSR count). The highest BCUT2D eigenvalue weighted by atomic mass is 16.5. The Balaban J connectivity index is 1.76. The number of ether oxygens (including phenoxy) is 1. The number of methoxy groups -OCH3 is 1. The molecule has 2 heterocycles. The summed E-state index contributed by atoms with van der Waals surface area (Å²) < 4.78 is 8.80.